The van der Waals surface area contributed by atoms with E-state index in [0.717, 1.165) is 12.1 Å². The molecule has 0 aliphatic rings. The van der Waals surface area contributed by atoms with Crippen LogP contribution >= 0.6 is 0 Å². The molecule has 0 aliphatic heterocycles. The highest BCUT2D eigenvalue weighted by Crippen LogP contribution is 2.30. The van der Waals surface area contributed by atoms with E-state index < -0.39 is 11.7 Å². The van der Waals surface area contributed by atoms with Gasteiger partial charge >= 0.3 is 6.18 Å². The Balaban J connectivity index is 1.76. The number of nitrogens with one attached hydrogen (secondary N) is 1. The molecule has 8 heteroatoms. The lowest BCUT2D eigenvalue weighted by Crippen LogP contribution is -2.27. The molecule has 2 aromatic rings. The van der Waals surface area contributed by atoms with Gasteiger partial charge in [-0.25, -0.2) is 0 Å². The maximum Gasteiger partial charge on any atom is 0.416 e. The van der Waals surface area contributed by atoms with Gasteiger partial charge in [0.05, 0.1) is 24.2 Å². The number of rotatable bonds is 6. The molecule has 1 aromatic heterocycles. The number of furan rings is 1. The van der Waals surface area contributed by atoms with Crippen molar-refractivity contribution < 1.29 is 27.1 Å². The summed E-state index contributed by atoms with van der Waals surface area (Å²) >= 11 is 0. The molecule has 124 valence electrons. The van der Waals surface area contributed by atoms with Crippen LogP contribution in [0.2, 0.25) is 0 Å². The summed E-state index contributed by atoms with van der Waals surface area (Å²) in [6.07, 6.45) is -3.08. The average Bonchev–Trinajstić information content (AvgIpc) is 3.00. The molecule has 0 spiro atoms. The molecule has 0 aliphatic carbocycles. The number of nitrogens with two attached hydrogens (primary N) is 1. The van der Waals surface area contributed by atoms with E-state index in [1.807, 2.05) is 0 Å². The summed E-state index contributed by atoms with van der Waals surface area (Å²) < 4.78 is 47.5. The van der Waals surface area contributed by atoms with Crippen molar-refractivity contribution in [2.45, 2.75) is 12.7 Å². The fourth-order valence-corrected chi connectivity index (χ4v) is 1.78. The lowest BCUT2D eigenvalue weighted by atomic mass is 10.2. The van der Waals surface area contributed by atoms with Crippen LogP contribution in [0, 0.1) is 0 Å². The standard InChI is InChI=1S/C15H15F3N2O3/c16-15(17,18)11-1-3-12(4-2-11)22-6-5-20-14(21)10-7-13(8-19)23-9-10/h1-4,7,9H,5-6,8,19H2,(H,20,21). The third-order valence-electron chi connectivity index (χ3n) is 2.96. The third kappa shape index (κ3) is 4.75. The molecule has 5 nitrogen and oxygen atoms in total. The van der Waals surface area contributed by atoms with E-state index in [4.69, 9.17) is 14.9 Å². The van der Waals surface area contributed by atoms with Crippen molar-refractivity contribution in [3.63, 3.8) is 0 Å². The molecule has 0 saturated heterocycles. The molecular formula is C15H15F3N2O3. The number of alkyl halides is 3. The SMILES string of the molecule is NCc1cc(C(=O)NCCOc2ccc(C(F)(F)F)cc2)co1. The van der Waals surface area contributed by atoms with Gasteiger partial charge in [0.1, 0.15) is 24.4 Å². The van der Waals surface area contributed by atoms with E-state index >= 15 is 0 Å². The number of halogens is 3. The Morgan fingerprint density at radius 2 is 1.96 bits per heavy atom. The van der Waals surface area contributed by atoms with Crippen LogP contribution in [0.15, 0.2) is 41.0 Å². The van der Waals surface area contributed by atoms with E-state index in [1.165, 1.54) is 24.5 Å². The number of ether oxygens (including phenoxy) is 1. The average molecular weight is 328 g/mol. The van der Waals surface area contributed by atoms with Crippen LogP contribution in [-0.2, 0) is 12.7 Å². The number of hydrogen-bond acceptors (Lipinski definition) is 4. The van der Waals surface area contributed by atoms with Crippen molar-refractivity contribution in [3.8, 4) is 5.75 Å². The van der Waals surface area contributed by atoms with Crippen molar-refractivity contribution in [2.75, 3.05) is 13.2 Å². The number of benzene rings is 1. The van der Waals surface area contributed by atoms with Gasteiger partial charge in [-0.2, -0.15) is 13.2 Å². The van der Waals surface area contributed by atoms with Gasteiger partial charge in [-0.3, -0.25) is 4.79 Å². The van der Waals surface area contributed by atoms with Crippen molar-refractivity contribution in [2.24, 2.45) is 5.73 Å². The Kier molecular flexibility index (Phi) is 5.28. The van der Waals surface area contributed by atoms with Crippen LogP contribution in [0.25, 0.3) is 0 Å². The molecule has 0 unspecified atom stereocenters. The molecule has 1 heterocycles. The van der Waals surface area contributed by atoms with Gasteiger partial charge in [0.2, 0.25) is 0 Å². The van der Waals surface area contributed by atoms with E-state index in [2.05, 4.69) is 5.32 Å². The zero-order chi connectivity index (χ0) is 16.9. The summed E-state index contributed by atoms with van der Waals surface area (Å²) in [4.78, 5) is 11.7. The highest BCUT2D eigenvalue weighted by Gasteiger charge is 2.29. The van der Waals surface area contributed by atoms with Crippen LogP contribution in [0.4, 0.5) is 13.2 Å². The van der Waals surface area contributed by atoms with Crippen LogP contribution in [0.1, 0.15) is 21.7 Å². The van der Waals surface area contributed by atoms with Crippen molar-refractivity contribution >= 4 is 5.91 Å². The molecule has 0 bridgehead atoms. The van der Waals surface area contributed by atoms with Gasteiger partial charge in [0.15, 0.2) is 0 Å². The van der Waals surface area contributed by atoms with E-state index in [0.29, 0.717) is 17.1 Å². The molecule has 23 heavy (non-hydrogen) atoms. The topological polar surface area (TPSA) is 77.5 Å². The first-order valence-corrected chi connectivity index (χ1v) is 6.76. The predicted molar refractivity (Wildman–Crippen MR) is 75.9 cm³/mol. The van der Waals surface area contributed by atoms with Crippen LogP contribution < -0.4 is 15.8 Å². The molecule has 0 fully saturated rings. The van der Waals surface area contributed by atoms with Crippen molar-refractivity contribution in [1.29, 1.82) is 0 Å². The lowest BCUT2D eigenvalue weighted by molar-refractivity contribution is -0.137. The molecule has 2 rings (SSSR count). The number of hydrogen-bond donors (Lipinski definition) is 2. The molecule has 1 aromatic carbocycles. The molecule has 3 N–H and O–H groups in total. The van der Waals surface area contributed by atoms with E-state index in [1.54, 1.807) is 0 Å². The fraction of sp³-hybridized carbons (Fsp3) is 0.267. The lowest BCUT2D eigenvalue weighted by Gasteiger charge is -2.09. The summed E-state index contributed by atoms with van der Waals surface area (Å²) in [5.74, 6) is 0.446. The van der Waals surface area contributed by atoms with Crippen molar-refractivity contribution in [1.82, 2.24) is 5.32 Å². The Morgan fingerprint density at radius 1 is 1.26 bits per heavy atom. The van der Waals surface area contributed by atoms with Gasteiger partial charge in [-0.1, -0.05) is 0 Å². The van der Waals surface area contributed by atoms with Gasteiger partial charge in [0, 0.05) is 0 Å². The first-order chi connectivity index (χ1) is 10.9. The maximum absolute atomic E-state index is 12.4. The second kappa shape index (κ2) is 7.19. The summed E-state index contributed by atoms with van der Waals surface area (Å²) in [6.45, 7) is 0.520. The van der Waals surface area contributed by atoms with Crippen LogP contribution in [0.5, 0.6) is 5.75 Å². The molecule has 0 radical (unpaired) electrons. The maximum atomic E-state index is 12.4. The molecule has 1 amide bonds. The second-order valence-corrected chi connectivity index (χ2v) is 4.63. The first kappa shape index (κ1) is 16.9. The number of carbonyl (C=O) groups excluding carboxylic acids is 1. The molecular weight excluding hydrogens is 313 g/mol. The zero-order valence-corrected chi connectivity index (χ0v) is 12.0. The second-order valence-electron chi connectivity index (χ2n) is 4.63. The predicted octanol–water partition coefficient (Wildman–Crippen LogP) is 2.57. The highest BCUT2D eigenvalue weighted by atomic mass is 19.4. The summed E-state index contributed by atoms with van der Waals surface area (Å²) in [5, 5.41) is 2.60. The number of amides is 1. The molecule has 0 saturated carbocycles. The molecule has 0 atom stereocenters. The third-order valence-corrected chi connectivity index (χ3v) is 2.96. The Morgan fingerprint density at radius 3 is 2.52 bits per heavy atom. The minimum atomic E-state index is -4.38. The van der Waals surface area contributed by atoms with Gasteiger partial charge < -0.3 is 20.2 Å². The summed E-state index contributed by atoms with van der Waals surface area (Å²) in [6, 6.07) is 5.87. The minimum absolute atomic E-state index is 0.124. The van der Waals surface area contributed by atoms with Crippen molar-refractivity contribution in [3.05, 3.63) is 53.5 Å². The first-order valence-electron chi connectivity index (χ1n) is 6.76. The highest BCUT2D eigenvalue weighted by molar-refractivity contribution is 5.93. The van der Waals surface area contributed by atoms with Gasteiger partial charge in [-0.05, 0) is 30.3 Å². The van der Waals surface area contributed by atoms with Crippen LogP contribution in [0.3, 0.4) is 0 Å². The fourth-order valence-electron chi connectivity index (χ4n) is 1.78. The zero-order valence-electron chi connectivity index (χ0n) is 12.0. The quantitative estimate of drug-likeness (QED) is 0.799. The Bertz CT molecular complexity index is 651. The summed E-state index contributed by atoms with van der Waals surface area (Å²) in [7, 11) is 0. The Labute approximate surface area is 130 Å². The number of carbonyl (C=O) groups is 1. The van der Waals surface area contributed by atoms with E-state index in [9.17, 15) is 18.0 Å². The normalized spacial score (nSPS) is 11.3. The van der Waals surface area contributed by atoms with E-state index in [-0.39, 0.29) is 25.6 Å². The van der Waals surface area contributed by atoms with Gasteiger partial charge in [-0.15, -0.1) is 0 Å². The monoisotopic (exact) mass is 328 g/mol. The van der Waals surface area contributed by atoms with Crippen LogP contribution in [-0.4, -0.2) is 19.1 Å². The Hall–Kier alpha value is -2.48. The largest absolute Gasteiger partial charge is 0.492 e. The smallest absolute Gasteiger partial charge is 0.416 e. The summed E-state index contributed by atoms with van der Waals surface area (Å²) in [5.41, 5.74) is 4.98. The minimum Gasteiger partial charge on any atom is -0.492 e. The van der Waals surface area contributed by atoms with Gasteiger partial charge in [0.25, 0.3) is 5.91 Å².